The minimum atomic E-state index is 0.609. The second-order valence-electron chi connectivity index (χ2n) is 4.61. The first-order valence-corrected chi connectivity index (χ1v) is 5.88. The number of anilines is 1. The molecule has 1 fully saturated rings. The third-order valence-corrected chi connectivity index (χ3v) is 3.23. The maximum Gasteiger partial charge on any atom is 0.218 e. The largest absolute Gasteiger partial charge is 0.481 e. The molecule has 4 nitrogen and oxygen atoms in total. The summed E-state index contributed by atoms with van der Waals surface area (Å²) in [6.45, 7) is 3.33. The van der Waals surface area contributed by atoms with Gasteiger partial charge in [-0.05, 0) is 24.7 Å². The molecule has 1 aromatic rings. The molecule has 16 heavy (non-hydrogen) atoms. The lowest BCUT2D eigenvalue weighted by molar-refractivity contribution is 0.397. The highest BCUT2D eigenvalue weighted by molar-refractivity contribution is 5.36. The van der Waals surface area contributed by atoms with E-state index >= 15 is 0 Å². The van der Waals surface area contributed by atoms with Gasteiger partial charge in [0.1, 0.15) is 12.1 Å². The minimum Gasteiger partial charge on any atom is -0.481 e. The molecule has 1 aromatic heterocycles. The molecule has 1 aliphatic carbocycles. The first-order valence-electron chi connectivity index (χ1n) is 5.88. The van der Waals surface area contributed by atoms with Crippen LogP contribution in [0.5, 0.6) is 5.88 Å². The molecule has 4 heteroatoms. The number of hydrogen-bond donors (Lipinski definition) is 1. The van der Waals surface area contributed by atoms with Crippen LogP contribution in [-0.4, -0.2) is 23.6 Å². The summed E-state index contributed by atoms with van der Waals surface area (Å²) in [5.41, 5.74) is 0. The van der Waals surface area contributed by atoms with Gasteiger partial charge in [-0.3, -0.25) is 0 Å². The summed E-state index contributed by atoms with van der Waals surface area (Å²) in [6, 6.07) is 1.83. The first kappa shape index (κ1) is 11.2. The van der Waals surface area contributed by atoms with Gasteiger partial charge in [0.15, 0.2) is 0 Å². The van der Waals surface area contributed by atoms with Crippen LogP contribution in [-0.2, 0) is 0 Å². The molecule has 0 saturated heterocycles. The molecule has 2 atom stereocenters. The van der Waals surface area contributed by atoms with Crippen LogP contribution in [0.4, 0.5) is 5.82 Å². The summed E-state index contributed by atoms with van der Waals surface area (Å²) in [7, 11) is 1.62. The zero-order chi connectivity index (χ0) is 11.4. The quantitative estimate of drug-likeness (QED) is 0.847. The van der Waals surface area contributed by atoms with Crippen LogP contribution in [0.2, 0.25) is 0 Å². The van der Waals surface area contributed by atoms with Gasteiger partial charge < -0.3 is 10.1 Å². The monoisotopic (exact) mass is 221 g/mol. The molecule has 1 aliphatic rings. The van der Waals surface area contributed by atoms with Crippen molar-refractivity contribution in [2.24, 2.45) is 11.8 Å². The fourth-order valence-electron chi connectivity index (χ4n) is 2.31. The maximum atomic E-state index is 5.05. The van der Waals surface area contributed by atoms with Gasteiger partial charge in [-0.1, -0.05) is 13.3 Å². The standard InChI is InChI=1S/C12H19N3O/c1-9-3-4-10(5-9)7-13-11-6-12(16-2)15-8-14-11/h6,8-10H,3-5,7H2,1-2H3,(H,13,14,15). The number of methoxy groups -OCH3 is 1. The van der Waals surface area contributed by atoms with E-state index in [1.807, 2.05) is 6.07 Å². The second kappa shape index (κ2) is 5.14. The third-order valence-electron chi connectivity index (χ3n) is 3.23. The van der Waals surface area contributed by atoms with Gasteiger partial charge in [-0.15, -0.1) is 0 Å². The zero-order valence-electron chi connectivity index (χ0n) is 9.94. The van der Waals surface area contributed by atoms with Crippen molar-refractivity contribution >= 4 is 5.82 Å². The Bertz CT molecular complexity index is 343. The number of hydrogen-bond acceptors (Lipinski definition) is 4. The van der Waals surface area contributed by atoms with Crippen molar-refractivity contribution in [3.63, 3.8) is 0 Å². The Labute approximate surface area is 96.4 Å². The van der Waals surface area contributed by atoms with Gasteiger partial charge in [0.05, 0.1) is 7.11 Å². The number of nitrogens with zero attached hydrogens (tertiary/aromatic N) is 2. The van der Waals surface area contributed by atoms with Gasteiger partial charge in [0.2, 0.25) is 5.88 Å². The lowest BCUT2D eigenvalue weighted by Gasteiger charge is -2.11. The maximum absolute atomic E-state index is 5.05. The van der Waals surface area contributed by atoms with Crippen LogP contribution in [0, 0.1) is 11.8 Å². The van der Waals surface area contributed by atoms with E-state index in [1.165, 1.54) is 25.6 Å². The van der Waals surface area contributed by atoms with Crippen molar-refractivity contribution < 1.29 is 4.74 Å². The molecule has 0 amide bonds. The SMILES string of the molecule is COc1cc(NCC2CCC(C)C2)ncn1. The molecule has 0 spiro atoms. The molecule has 88 valence electrons. The Morgan fingerprint density at radius 3 is 3.00 bits per heavy atom. The van der Waals surface area contributed by atoms with E-state index in [0.29, 0.717) is 5.88 Å². The van der Waals surface area contributed by atoms with E-state index in [9.17, 15) is 0 Å². The highest BCUT2D eigenvalue weighted by Crippen LogP contribution is 2.30. The number of rotatable bonds is 4. The lowest BCUT2D eigenvalue weighted by atomic mass is 10.1. The molecule has 1 saturated carbocycles. The second-order valence-corrected chi connectivity index (χ2v) is 4.61. The number of nitrogens with one attached hydrogen (secondary N) is 1. The smallest absolute Gasteiger partial charge is 0.218 e. The number of ether oxygens (including phenoxy) is 1. The van der Waals surface area contributed by atoms with Crippen LogP contribution in [0.1, 0.15) is 26.2 Å². The van der Waals surface area contributed by atoms with Gasteiger partial charge >= 0.3 is 0 Å². The first-order chi connectivity index (χ1) is 7.78. The van der Waals surface area contributed by atoms with Crippen LogP contribution in [0.15, 0.2) is 12.4 Å². The molecular formula is C12H19N3O. The molecule has 0 aliphatic heterocycles. The predicted octanol–water partition coefficient (Wildman–Crippen LogP) is 2.33. The molecule has 1 heterocycles. The van der Waals surface area contributed by atoms with Crippen molar-refractivity contribution in [2.75, 3.05) is 19.0 Å². The molecule has 1 N–H and O–H groups in total. The highest BCUT2D eigenvalue weighted by atomic mass is 16.5. The van der Waals surface area contributed by atoms with Crippen LogP contribution < -0.4 is 10.1 Å². The van der Waals surface area contributed by atoms with E-state index < -0.39 is 0 Å². The van der Waals surface area contributed by atoms with Gasteiger partial charge in [0.25, 0.3) is 0 Å². The van der Waals surface area contributed by atoms with Gasteiger partial charge in [0, 0.05) is 12.6 Å². The van der Waals surface area contributed by atoms with Gasteiger partial charge in [-0.2, -0.15) is 0 Å². The topological polar surface area (TPSA) is 47.0 Å². The number of aromatic nitrogens is 2. The summed E-state index contributed by atoms with van der Waals surface area (Å²) < 4.78 is 5.05. The van der Waals surface area contributed by atoms with Crippen molar-refractivity contribution in [3.8, 4) is 5.88 Å². The Hall–Kier alpha value is -1.32. The molecular weight excluding hydrogens is 202 g/mol. The molecule has 2 rings (SSSR count). The zero-order valence-corrected chi connectivity index (χ0v) is 9.94. The lowest BCUT2D eigenvalue weighted by Crippen LogP contribution is -2.12. The fraction of sp³-hybridized carbons (Fsp3) is 0.667. The molecule has 2 unspecified atom stereocenters. The van der Waals surface area contributed by atoms with Crippen molar-refractivity contribution in [1.29, 1.82) is 0 Å². The Kier molecular flexibility index (Phi) is 3.59. The van der Waals surface area contributed by atoms with E-state index in [2.05, 4.69) is 22.2 Å². The summed E-state index contributed by atoms with van der Waals surface area (Å²) >= 11 is 0. The summed E-state index contributed by atoms with van der Waals surface area (Å²) in [4.78, 5) is 8.14. The molecule has 0 bridgehead atoms. The molecule has 0 radical (unpaired) electrons. The van der Waals surface area contributed by atoms with E-state index in [0.717, 1.165) is 24.2 Å². The predicted molar refractivity (Wildman–Crippen MR) is 63.6 cm³/mol. The summed E-state index contributed by atoms with van der Waals surface area (Å²) in [6.07, 6.45) is 5.55. The van der Waals surface area contributed by atoms with Crippen LogP contribution in [0.25, 0.3) is 0 Å². The van der Waals surface area contributed by atoms with Crippen molar-refractivity contribution in [1.82, 2.24) is 9.97 Å². The van der Waals surface area contributed by atoms with Crippen molar-refractivity contribution in [2.45, 2.75) is 26.2 Å². The average molecular weight is 221 g/mol. The molecule has 0 aromatic carbocycles. The summed E-state index contributed by atoms with van der Waals surface area (Å²) in [5.74, 6) is 3.13. The fourth-order valence-corrected chi connectivity index (χ4v) is 2.31. The van der Waals surface area contributed by atoms with Gasteiger partial charge in [-0.25, -0.2) is 9.97 Å². The Morgan fingerprint density at radius 2 is 2.31 bits per heavy atom. The van der Waals surface area contributed by atoms with E-state index in [1.54, 1.807) is 7.11 Å². The van der Waals surface area contributed by atoms with Crippen molar-refractivity contribution in [3.05, 3.63) is 12.4 Å². The normalized spacial score (nSPS) is 24.4. The minimum absolute atomic E-state index is 0.609. The van der Waals surface area contributed by atoms with E-state index in [-0.39, 0.29) is 0 Å². The van der Waals surface area contributed by atoms with Crippen LogP contribution in [0.3, 0.4) is 0 Å². The Balaban J connectivity index is 1.84. The average Bonchev–Trinajstić information content (AvgIpc) is 2.73. The highest BCUT2D eigenvalue weighted by Gasteiger charge is 2.20. The third kappa shape index (κ3) is 2.84. The summed E-state index contributed by atoms with van der Waals surface area (Å²) in [5, 5.41) is 3.35. The van der Waals surface area contributed by atoms with Crippen LogP contribution >= 0.6 is 0 Å². The van der Waals surface area contributed by atoms with E-state index in [4.69, 9.17) is 4.74 Å². The Morgan fingerprint density at radius 1 is 1.44 bits per heavy atom.